The molecule has 0 aromatic rings. The van der Waals surface area contributed by atoms with E-state index in [2.05, 4.69) is 32.1 Å². The fourth-order valence-electron chi connectivity index (χ4n) is 5.21. The summed E-state index contributed by atoms with van der Waals surface area (Å²) < 4.78 is 11.4. The topological polar surface area (TPSA) is 93.1 Å². The molecule has 1 fully saturated rings. The minimum atomic E-state index is -0.618. The number of hydrogen-bond donors (Lipinski definition) is 2. The third-order valence-electron chi connectivity index (χ3n) is 6.88. The number of ether oxygens (including phenoxy) is 2. The molecule has 1 heterocycles. The summed E-state index contributed by atoms with van der Waals surface area (Å²) in [6.45, 7) is 6.10. The summed E-state index contributed by atoms with van der Waals surface area (Å²) in [6, 6.07) is 0. The number of cyclic esters (lactones) is 1. The average Bonchev–Trinajstić information content (AvgIpc) is 2.66. The highest BCUT2D eigenvalue weighted by Gasteiger charge is 2.42. The molecule has 1 aliphatic heterocycles. The van der Waals surface area contributed by atoms with E-state index in [0.717, 1.165) is 12.8 Å². The van der Waals surface area contributed by atoms with Crippen LogP contribution in [-0.4, -0.2) is 47.1 Å². The monoisotopic (exact) mass is 420 g/mol. The maximum absolute atomic E-state index is 12.6. The van der Waals surface area contributed by atoms with Gasteiger partial charge in [-0.15, -0.1) is 0 Å². The summed E-state index contributed by atoms with van der Waals surface area (Å²) in [5.41, 5.74) is 1.23. The predicted octanol–water partition coefficient (Wildman–Crippen LogP) is 3.17. The zero-order valence-corrected chi connectivity index (χ0v) is 18.3. The molecule has 168 valence electrons. The molecule has 3 aliphatic rings. The van der Waals surface area contributed by atoms with Gasteiger partial charge in [0.05, 0.1) is 18.4 Å². The lowest BCUT2D eigenvalue weighted by Crippen LogP contribution is -2.42. The second-order valence-electron chi connectivity index (χ2n) is 9.46. The van der Waals surface area contributed by atoms with Crippen LogP contribution in [-0.2, 0) is 19.1 Å². The van der Waals surface area contributed by atoms with E-state index < -0.39 is 6.10 Å². The van der Waals surface area contributed by atoms with Crippen molar-refractivity contribution in [3.05, 3.63) is 23.8 Å². The van der Waals surface area contributed by atoms with Gasteiger partial charge in [0.1, 0.15) is 12.2 Å². The predicted molar refractivity (Wildman–Crippen MR) is 112 cm³/mol. The number of allylic oxidation sites excluding steroid dienone is 3. The van der Waals surface area contributed by atoms with Crippen LogP contribution in [0, 0.1) is 29.6 Å². The minimum Gasteiger partial charge on any atom is -0.462 e. The largest absolute Gasteiger partial charge is 0.462 e. The van der Waals surface area contributed by atoms with Gasteiger partial charge in [0.15, 0.2) is 0 Å². The van der Waals surface area contributed by atoms with Crippen LogP contribution in [0.5, 0.6) is 0 Å². The summed E-state index contributed by atoms with van der Waals surface area (Å²) in [5.74, 6) is 0.155. The van der Waals surface area contributed by atoms with Crippen molar-refractivity contribution in [1.29, 1.82) is 0 Å². The first-order chi connectivity index (χ1) is 14.3. The average molecular weight is 421 g/mol. The summed E-state index contributed by atoms with van der Waals surface area (Å²) in [5, 5.41) is 19.0. The van der Waals surface area contributed by atoms with Crippen LogP contribution in [0.15, 0.2) is 23.8 Å². The molecule has 6 nitrogen and oxygen atoms in total. The van der Waals surface area contributed by atoms with Crippen LogP contribution >= 0.6 is 0 Å². The maximum atomic E-state index is 12.6. The van der Waals surface area contributed by atoms with Gasteiger partial charge in [-0.05, 0) is 49.0 Å². The Labute approximate surface area is 179 Å². The number of rotatable bonds is 7. The zero-order chi connectivity index (χ0) is 21.8. The molecule has 3 rings (SSSR count). The lowest BCUT2D eigenvalue weighted by atomic mass is 9.65. The van der Waals surface area contributed by atoms with Gasteiger partial charge in [-0.3, -0.25) is 9.59 Å². The van der Waals surface area contributed by atoms with Gasteiger partial charge in [-0.25, -0.2) is 0 Å². The van der Waals surface area contributed by atoms with Crippen LogP contribution in [0.3, 0.4) is 0 Å². The first kappa shape index (κ1) is 23.0. The van der Waals surface area contributed by atoms with E-state index in [0.29, 0.717) is 31.1 Å². The van der Waals surface area contributed by atoms with Crippen molar-refractivity contribution in [1.82, 2.24) is 0 Å². The van der Waals surface area contributed by atoms with Crippen molar-refractivity contribution < 1.29 is 29.3 Å². The van der Waals surface area contributed by atoms with Crippen LogP contribution in [0.1, 0.15) is 59.3 Å². The second-order valence-corrected chi connectivity index (χ2v) is 9.46. The molecular weight excluding hydrogens is 384 g/mol. The van der Waals surface area contributed by atoms with Crippen LogP contribution < -0.4 is 0 Å². The normalized spacial score (nSPS) is 37.0. The van der Waals surface area contributed by atoms with Crippen molar-refractivity contribution in [3.8, 4) is 0 Å². The Bertz CT molecular complexity index is 683. The van der Waals surface area contributed by atoms with E-state index in [1.54, 1.807) is 6.92 Å². The Morgan fingerprint density at radius 2 is 2.07 bits per heavy atom. The fraction of sp³-hybridized carbons (Fsp3) is 0.750. The lowest BCUT2D eigenvalue weighted by molar-refractivity contribution is -0.162. The van der Waals surface area contributed by atoms with E-state index in [1.807, 2.05) is 0 Å². The Morgan fingerprint density at radius 1 is 1.30 bits per heavy atom. The molecule has 0 radical (unpaired) electrons. The number of aliphatic hydroxyl groups excluding tert-OH is 2. The van der Waals surface area contributed by atoms with Crippen molar-refractivity contribution in [2.75, 3.05) is 6.61 Å². The van der Waals surface area contributed by atoms with Gasteiger partial charge in [-0.1, -0.05) is 39.0 Å². The molecule has 0 bridgehead atoms. The quantitative estimate of drug-likeness (QED) is 0.615. The molecule has 0 spiro atoms. The highest BCUT2D eigenvalue weighted by molar-refractivity contribution is 5.72. The molecule has 2 N–H and O–H groups in total. The molecule has 30 heavy (non-hydrogen) atoms. The molecule has 0 aromatic heterocycles. The Hall–Kier alpha value is -1.66. The zero-order valence-electron chi connectivity index (χ0n) is 18.3. The van der Waals surface area contributed by atoms with Crippen LogP contribution in [0.25, 0.3) is 0 Å². The van der Waals surface area contributed by atoms with Crippen molar-refractivity contribution in [3.63, 3.8) is 0 Å². The number of esters is 2. The molecule has 0 saturated carbocycles. The summed E-state index contributed by atoms with van der Waals surface area (Å²) in [4.78, 5) is 24.3. The Balaban J connectivity index is 1.73. The molecule has 2 aliphatic carbocycles. The third-order valence-corrected chi connectivity index (χ3v) is 6.88. The van der Waals surface area contributed by atoms with Gasteiger partial charge in [0.2, 0.25) is 0 Å². The fourth-order valence-corrected chi connectivity index (χ4v) is 5.21. The molecule has 6 heteroatoms. The molecule has 8 atom stereocenters. The van der Waals surface area contributed by atoms with E-state index >= 15 is 0 Å². The maximum Gasteiger partial charge on any atom is 0.309 e. The Kier molecular flexibility index (Phi) is 7.75. The number of carbonyl (C=O) groups is 2. The first-order valence-electron chi connectivity index (χ1n) is 11.4. The van der Waals surface area contributed by atoms with Crippen molar-refractivity contribution >= 4 is 11.9 Å². The van der Waals surface area contributed by atoms with E-state index in [9.17, 15) is 14.7 Å². The third kappa shape index (κ3) is 5.52. The van der Waals surface area contributed by atoms with Gasteiger partial charge < -0.3 is 19.7 Å². The Morgan fingerprint density at radius 3 is 2.77 bits per heavy atom. The van der Waals surface area contributed by atoms with Gasteiger partial charge in [0.25, 0.3) is 0 Å². The van der Waals surface area contributed by atoms with Gasteiger partial charge in [-0.2, -0.15) is 0 Å². The number of aliphatic hydroxyl groups is 2. The highest BCUT2D eigenvalue weighted by atomic mass is 16.5. The molecule has 1 unspecified atom stereocenters. The lowest BCUT2D eigenvalue weighted by Gasteiger charge is -2.43. The smallest absolute Gasteiger partial charge is 0.309 e. The van der Waals surface area contributed by atoms with Gasteiger partial charge in [0, 0.05) is 18.9 Å². The van der Waals surface area contributed by atoms with E-state index in [4.69, 9.17) is 14.6 Å². The SMILES string of the molecule is CC(CCO)C(=O)O[C@H]1C[C@@H](C)C=C2C=C[C@H](C)[C@H](CC[C@@H]3C[C@@H](O)CC(=O)O3)[C@H]21. The minimum absolute atomic E-state index is 0.0275. The highest BCUT2D eigenvalue weighted by Crippen LogP contribution is 2.45. The van der Waals surface area contributed by atoms with E-state index in [-0.39, 0.29) is 54.9 Å². The standard InChI is InChI=1S/C24H36O6/c1-14-10-17-5-4-15(2)20(7-6-19-12-18(26)13-22(27)29-19)23(17)21(11-14)30-24(28)16(3)8-9-25/h4-5,10,14-16,18-21,23,25-26H,6-9,11-13H2,1-3H3/t14-,15-,16?,18+,19+,20-,21-,23-/m0/s1. The van der Waals surface area contributed by atoms with Crippen LogP contribution in [0.4, 0.5) is 0 Å². The van der Waals surface area contributed by atoms with Crippen LogP contribution in [0.2, 0.25) is 0 Å². The summed E-state index contributed by atoms with van der Waals surface area (Å²) >= 11 is 0. The summed E-state index contributed by atoms with van der Waals surface area (Å²) in [7, 11) is 0. The van der Waals surface area contributed by atoms with Crippen molar-refractivity contribution in [2.45, 2.75) is 77.6 Å². The van der Waals surface area contributed by atoms with Crippen molar-refractivity contribution in [2.24, 2.45) is 29.6 Å². The summed E-state index contributed by atoms with van der Waals surface area (Å²) in [6.07, 6.45) is 8.93. The molecule has 1 saturated heterocycles. The number of hydrogen-bond acceptors (Lipinski definition) is 6. The number of carbonyl (C=O) groups excluding carboxylic acids is 2. The first-order valence-corrected chi connectivity index (χ1v) is 11.4. The molecule has 0 amide bonds. The molecule has 0 aromatic carbocycles. The van der Waals surface area contributed by atoms with E-state index in [1.165, 1.54) is 5.57 Å². The number of fused-ring (bicyclic) bond motifs is 1. The van der Waals surface area contributed by atoms with Gasteiger partial charge >= 0.3 is 11.9 Å². The second kappa shape index (κ2) is 10.1. The molecular formula is C24H36O6.